The monoisotopic (exact) mass is 354 g/mol. The zero-order valence-electron chi connectivity index (χ0n) is 14.5. The largest absolute Gasteiger partial charge is 0.480 e. The molecule has 0 spiro atoms. The SMILES string of the molecule is CO.COC(=N)c1cccc(C(=N)OC)n1.[C-]#[N+]c1cccc(C#N)n1. The van der Waals surface area contributed by atoms with Crippen LogP contribution in [0, 0.1) is 28.7 Å². The van der Waals surface area contributed by atoms with Gasteiger partial charge in [0.2, 0.25) is 17.5 Å². The van der Waals surface area contributed by atoms with Crippen LogP contribution in [0.25, 0.3) is 4.85 Å². The summed E-state index contributed by atoms with van der Waals surface area (Å²) in [5.41, 5.74) is 1.05. The summed E-state index contributed by atoms with van der Waals surface area (Å²) in [5.74, 6) is 0.200. The van der Waals surface area contributed by atoms with Crippen LogP contribution >= 0.6 is 0 Å². The fourth-order valence-corrected chi connectivity index (χ4v) is 1.44. The fourth-order valence-electron chi connectivity index (χ4n) is 1.44. The van der Waals surface area contributed by atoms with Gasteiger partial charge in [0.15, 0.2) is 0 Å². The molecule has 2 rings (SSSR count). The number of nitriles is 1. The lowest BCUT2D eigenvalue weighted by Gasteiger charge is -2.04. The highest BCUT2D eigenvalue weighted by Gasteiger charge is 2.07. The summed E-state index contributed by atoms with van der Waals surface area (Å²) < 4.78 is 9.43. The van der Waals surface area contributed by atoms with E-state index in [0.717, 1.165) is 7.11 Å². The van der Waals surface area contributed by atoms with Gasteiger partial charge in [-0.2, -0.15) is 5.26 Å². The molecule has 0 radical (unpaired) electrons. The number of hydrogen-bond donors (Lipinski definition) is 3. The predicted molar refractivity (Wildman–Crippen MR) is 95.3 cm³/mol. The Morgan fingerprint density at radius 2 is 1.54 bits per heavy atom. The highest BCUT2D eigenvalue weighted by molar-refractivity contribution is 5.93. The minimum absolute atomic E-state index is 0.0317. The quantitative estimate of drug-likeness (QED) is 0.429. The minimum Gasteiger partial charge on any atom is -0.480 e. The number of hydrogen-bond acceptors (Lipinski definition) is 8. The first kappa shape index (κ1) is 22.2. The molecule has 0 saturated carbocycles. The van der Waals surface area contributed by atoms with Crippen molar-refractivity contribution < 1.29 is 14.6 Å². The Bertz CT molecular complexity index is 763. The maximum Gasteiger partial charge on any atom is 0.270 e. The topological polar surface area (TPSA) is 140 Å². The van der Waals surface area contributed by atoms with E-state index < -0.39 is 0 Å². The molecule has 9 heteroatoms. The van der Waals surface area contributed by atoms with Gasteiger partial charge in [-0.3, -0.25) is 10.8 Å². The number of rotatable bonds is 2. The van der Waals surface area contributed by atoms with Crippen molar-refractivity contribution in [3.8, 4) is 6.07 Å². The molecular formula is C17H18N6O3. The Balaban J connectivity index is 0.000000458. The lowest BCUT2D eigenvalue weighted by Crippen LogP contribution is -2.10. The molecule has 0 aliphatic heterocycles. The number of nitrogens with one attached hydrogen (secondary N) is 2. The van der Waals surface area contributed by atoms with E-state index in [1.54, 1.807) is 36.4 Å². The Hall–Kier alpha value is -3.82. The summed E-state index contributed by atoms with van der Waals surface area (Å²) >= 11 is 0. The molecule has 2 aromatic rings. The van der Waals surface area contributed by atoms with E-state index in [2.05, 4.69) is 14.8 Å². The maximum absolute atomic E-state index is 8.34. The predicted octanol–water partition coefficient (Wildman–Crippen LogP) is 2.14. The summed E-state index contributed by atoms with van der Waals surface area (Å²) in [6.45, 7) is 6.57. The number of methoxy groups -OCH3 is 2. The van der Waals surface area contributed by atoms with Crippen LogP contribution in [0.4, 0.5) is 5.82 Å². The number of aliphatic hydroxyl groups excluding tert-OH is 1. The fraction of sp³-hybridized carbons (Fsp3) is 0.176. The van der Waals surface area contributed by atoms with Crippen LogP contribution in [0.2, 0.25) is 0 Å². The minimum atomic E-state index is -0.0317. The van der Waals surface area contributed by atoms with E-state index in [1.807, 2.05) is 6.07 Å². The first-order chi connectivity index (χ1) is 12.5. The summed E-state index contributed by atoms with van der Waals surface area (Å²) in [6, 6.07) is 11.6. The number of aliphatic hydroxyl groups is 1. The molecule has 0 saturated heterocycles. The molecule has 0 aliphatic carbocycles. The van der Waals surface area contributed by atoms with Crippen LogP contribution in [0.3, 0.4) is 0 Å². The van der Waals surface area contributed by atoms with Gasteiger partial charge in [0.25, 0.3) is 5.82 Å². The van der Waals surface area contributed by atoms with Gasteiger partial charge in [-0.05, 0) is 24.3 Å². The van der Waals surface area contributed by atoms with Gasteiger partial charge in [-0.1, -0.05) is 18.7 Å². The standard InChI is InChI=1S/C9H11N3O2.C7H3N3.CH4O/c1-13-8(10)6-4-3-5-7(12-6)9(11)14-2;1-9-7-4-2-3-6(5-8)10-7;1-2/h3-5,10-11H,1-2H3;2-4H;2H,1H3. The average Bonchev–Trinajstić information content (AvgIpc) is 2.74. The molecule has 0 bridgehead atoms. The molecule has 3 N–H and O–H groups in total. The molecule has 0 atom stereocenters. The van der Waals surface area contributed by atoms with Gasteiger partial charge in [-0.15, -0.1) is 4.98 Å². The van der Waals surface area contributed by atoms with Gasteiger partial charge in [0.1, 0.15) is 17.5 Å². The van der Waals surface area contributed by atoms with Crippen LogP contribution in [0.15, 0.2) is 36.4 Å². The highest BCUT2D eigenvalue weighted by Crippen LogP contribution is 2.06. The van der Waals surface area contributed by atoms with Crippen molar-refractivity contribution in [3.05, 3.63) is 64.9 Å². The number of aromatic nitrogens is 2. The molecular weight excluding hydrogens is 336 g/mol. The van der Waals surface area contributed by atoms with Gasteiger partial charge in [0.05, 0.1) is 14.2 Å². The van der Waals surface area contributed by atoms with E-state index in [-0.39, 0.29) is 23.3 Å². The summed E-state index contributed by atoms with van der Waals surface area (Å²) in [5, 5.41) is 30.1. The lowest BCUT2D eigenvalue weighted by atomic mass is 10.3. The molecule has 0 unspecified atom stereocenters. The molecule has 9 nitrogen and oxygen atoms in total. The van der Waals surface area contributed by atoms with Crippen molar-refractivity contribution in [3.63, 3.8) is 0 Å². The molecule has 2 heterocycles. The van der Waals surface area contributed by atoms with E-state index in [4.69, 9.17) is 37.2 Å². The van der Waals surface area contributed by atoms with Crippen molar-refractivity contribution in [2.45, 2.75) is 0 Å². The van der Waals surface area contributed by atoms with E-state index >= 15 is 0 Å². The second-order valence-electron chi connectivity index (χ2n) is 4.08. The smallest absolute Gasteiger partial charge is 0.270 e. The summed E-state index contributed by atoms with van der Waals surface area (Å²) in [6.07, 6.45) is 0. The Morgan fingerprint density at radius 3 is 1.96 bits per heavy atom. The van der Waals surface area contributed by atoms with Gasteiger partial charge >= 0.3 is 0 Å². The Labute approximate surface area is 151 Å². The second-order valence-corrected chi connectivity index (χ2v) is 4.08. The summed E-state index contributed by atoms with van der Waals surface area (Å²) in [7, 11) is 3.80. The Kier molecular flexibility index (Phi) is 10.7. The number of ether oxygens (including phenoxy) is 2. The van der Waals surface area contributed by atoms with Gasteiger partial charge in [0, 0.05) is 7.11 Å². The molecule has 0 aliphatic rings. The highest BCUT2D eigenvalue weighted by atomic mass is 16.5. The van der Waals surface area contributed by atoms with Crippen molar-refractivity contribution in [1.29, 1.82) is 16.1 Å². The zero-order valence-corrected chi connectivity index (χ0v) is 14.5. The third kappa shape index (κ3) is 7.17. The van der Waals surface area contributed by atoms with Crippen molar-refractivity contribution in [2.75, 3.05) is 21.3 Å². The van der Waals surface area contributed by atoms with Crippen molar-refractivity contribution >= 4 is 17.6 Å². The summed E-state index contributed by atoms with van der Waals surface area (Å²) in [4.78, 5) is 10.8. The molecule has 0 amide bonds. The van der Waals surface area contributed by atoms with Crippen LogP contribution in [-0.4, -0.2) is 48.2 Å². The first-order valence-corrected chi connectivity index (χ1v) is 6.98. The second kappa shape index (κ2) is 12.6. The van der Waals surface area contributed by atoms with Gasteiger partial charge in [-0.25, -0.2) is 4.98 Å². The maximum atomic E-state index is 8.34. The first-order valence-electron chi connectivity index (χ1n) is 6.98. The lowest BCUT2D eigenvalue weighted by molar-refractivity contribution is 0.396. The normalized spacial score (nSPS) is 8.23. The van der Waals surface area contributed by atoms with Crippen LogP contribution in [0.5, 0.6) is 0 Å². The van der Waals surface area contributed by atoms with Crippen molar-refractivity contribution in [1.82, 2.24) is 9.97 Å². The van der Waals surface area contributed by atoms with Gasteiger partial charge < -0.3 is 19.4 Å². The van der Waals surface area contributed by atoms with Crippen LogP contribution < -0.4 is 0 Å². The number of nitrogens with zero attached hydrogens (tertiary/aromatic N) is 4. The number of pyridine rings is 2. The van der Waals surface area contributed by atoms with E-state index in [1.165, 1.54) is 14.2 Å². The Morgan fingerprint density at radius 1 is 1.04 bits per heavy atom. The van der Waals surface area contributed by atoms with Crippen molar-refractivity contribution in [2.24, 2.45) is 0 Å². The van der Waals surface area contributed by atoms with Crippen LogP contribution in [0.1, 0.15) is 17.1 Å². The molecule has 26 heavy (non-hydrogen) atoms. The van der Waals surface area contributed by atoms with E-state index in [0.29, 0.717) is 11.4 Å². The van der Waals surface area contributed by atoms with E-state index in [9.17, 15) is 0 Å². The zero-order chi connectivity index (χ0) is 19.9. The molecule has 0 fully saturated rings. The average molecular weight is 354 g/mol. The third-order valence-corrected chi connectivity index (χ3v) is 2.59. The third-order valence-electron chi connectivity index (χ3n) is 2.59. The molecule has 0 aromatic carbocycles. The molecule has 134 valence electrons. The molecule has 2 aromatic heterocycles. The van der Waals surface area contributed by atoms with Crippen LogP contribution in [-0.2, 0) is 9.47 Å².